The zero-order chi connectivity index (χ0) is 19.7. The summed E-state index contributed by atoms with van der Waals surface area (Å²) in [7, 11) is 1.52. The summed E-state index contributed by atoms with van der Waals surface area (Å²) in [5, 5.41) is 3.91. The maximum absolute atomic E-state index is 13.7. The number of carbonyl (C=O) groups is 1. The SMILES string of the molecule is COc1ccc(F)cc1Nc1ncc(C(=O)N2CCOCC2)c2c(C)c[nH]c12. The molecule has 1 fully saturated rings. The van der Waals surface area contributed by atoms with Crippen LogP contribution in [0.15, 0.2) is 30.6 Å². The fourth-order valence-electron chi connectivity index (χ4n) is 3.41. The van der Waals surface area contributed by atoms with E-state index in [2.05, 4.69) is 15.3 Å². The summed E-state index contributed by atoms with van der Waals surface area (Å²) in [6.07, 6.45) is 3.39. The maximum atomic E-state index is 13.7. The second kappa shape index (κ2) is 7.47. The molecule has 0 atom stereocenters. The number of aryl methyl sites for hydroxylation is 1. The molecule has 146 valence electrons. The molecule has 4 rings (SSSR count). The minimum Gasteiger partial charge on any atom is -0.495 e. The number of nitrogens with zero attached hydrogens (tertiary/aromatic N) is 2. The molecule has 3 aromatic rings. The molecule has 0 bridgehead atoms. The van der Waals surface area contributed by atoms with Crippen LogP contribution in [0.5, 0.6) is 5.75 Å². The van der Waals surface area contributed by atoms with E-state index >= 15 is 0 Å². The third kappa shape index (κ3) is 3.27. The van der Waals surface area contributed by atoms with Crippen LogP contribution in [0, 0.1) is 12.7 Å². The standard InChI is InChI=1S/C20H21FN4O3/c1-12-10-22-18-17(12)14(20(26)25-5-7-28-8-6-25)11-23-19(18)24-15-9-13(21)3-4-16(15)27-2/h3-4,9-11,22H,5-8H2,1-2H3,(H,23,24). The van der Waals surface area contributed by atoms with Crippen LogP contribution in [0.3, 0.4) is 0 Å². The van der Waals surface area contributed by atoms with Gasteiger partial charge in [-0.3, -0.25) is 4.79 Å². The van der Waals surface area contributed by atoms with Crippen LogP contribution in [-0.2, 0) is 4.74 Å². The Morgan fingerprint density at radius 1 is 1.36 bits per heavy atom. The molecule has 0 saturated carbocycles. The molecule has 1 aliphatic heterocycles. The van der Waals surface area contributed by atoms with Gasteiger partial charge in [-0.1, -0.05) is 0 Å². The minimum atomic E-state index is -0.388. The van der Waals surface area contributed by atoms with Crippen LogP contribution in [0.1, 0.15) is 15.9 Å². The first-order valence-corrected chi connectivity index (χ1v) is 9.02. The number of ether oxygens (including phenoxy) is 2. The molecule has 2 N–H and O–H groups in total. The Morgan fingerprint density at radius 3 is 2.89 bits per heavy atom. The third-order valence-electron chi connectivity index (χ3n) is 4.85. The van der Waals surface area contributed by atoms with Crippen molar-refractivity contribution in [2.75, 3.05) is 38.7 Å². The van der Waals surface area contributed by atoms with Crippen molar-refractivity contribution in [3.05, 3.63) is 47.5 Å². The summed E-state index contributed by atoms with van der Waals surface area (Å²) in [6.45, 7) is 4.12. The highest BCUT2D eigenvalue weighted by Crippen LogP contribution is 2.33. The average Bonchev–Trinajstić information content (AvgIpc) is 3.11. The Bertz CT molecular complexity index is 1030. The number of aromatic amines is 1. The molecule has 1 aromatic carbocycles. The van der Waals surface area contributed by atoms with Crippen LogP contribution in [-0.4, -0.2) is 54.2 Å². The van der Waals surface area contributed by atoms with Gasteiger partial charge in [-0.25, -0.2) is 9.37 Å². The predicted molar refractivity (Wildman–Crippen MR) is 104 cm³/mol. The zero-order valence-corrected chi connectivity index (χ0v) is 15.7. The van der Waals surface area contributed by atoms with E-state index in [4.69, 9.17) is 9.47 Å². The van der Waals surface area contributed by atoms with Crippen LogP contribution >= 0.6 is 0 Å². The summed E-state index contributed by atoms with van der Waals surface area (Å²) in [6, 6.07) is 4.22. The zero-order valence-electron chi connectivity index (χ0n) is 15.7. The van der Waals surface area contributed by atoms with E-state index in [0.717, 1.165) is 10.9 Å². The lowest BCUT2D eigenvalue weighted by molar-refractivity contribution is 0.0304. The van der Waals surface area contributed by atoms with Gasteiger partial charge < -0.3 is 24.7 Å². The normalized spacial score (nSPS) is 14.3. The first kappa shape index (κ1) is 18.2. The molecule has 0 spiro atoms. The molecule has 7 nitrogen and oxygen atoms in total. The molecule has 0 radical (unpaired) electrons. The van der Waals surface area contributed by atoms with Gasteiger partial charge in [0.25, 0.3) is 5.91 Å². The van der Waals surface area contributed by atoms with Crippen molar-refractivity contribution in [2.45, 2.75) is 6.92 Å². The van der Waals surface area contributed by atoms with E-state index in [0.29, 0.717) is 54.6 Å². The van der Waals surface area contributed by atoms with E-state index < -0.39 is 0 Å². The average molecular weight is 384 g/mol. The summed E-state index contributed by atoms with van der Waals surface area (Å²) < 4.78 is 24.3. The Hall–Kier alpha value is -3.13. The van der Waals surface area contributed by atoms with Gasteiger partial charge in [0.1, 0.15) is 11.6 Å². The van der Waals surface area contributed by atoms with Crippen molar-refractivity contribution < 1.29 is 18.7 Å². The monoisotopic (exact) mass is 384 g/mol. The molecule has 2 aromatic heterocycles. The number of carbonyl (C=O) groups excluding carboxylic acids is 1. The van der Waals surface area contributed by atoms with Gasteiger partial charge in [-0.15, -0.1) is 0 Å². The van der Waals surface area contributed by atoms with E-state index in [9.17, 15) is 9.18 Å². The fourth-order valence-corrected chi connectivity index (χ4v) is 3.41. The number of aromatic nitrogens is 2. The number of hydrogen-bond acceptors (Lipinski definition) is 5. The van der Waals surface area contributed by atoms with Gasteiger partial charge in [0.2, 0.25) is 0 Å². The molecule has 1 amide bonds. The number of fused-ring (bicyclic) bond motifs is 1. The second-order valence-corrected chi connectivity index (χ2v) is 6.62. The lowest BCUT2D eigenvalue weighted by Crippen LogP contribution is -2.40. The molecular formula is C20H21FN4O3. The number of methoxy groups -OCH3 is 1. The van der Waals surface area contributed by atoms with Crippen molar-refractivity contribution in [3.8, 4) is 5.75 Å². The Balaban J connectivity index is 1.74. The highest BCUT2D eigenvalue weighted by atomic mass is 19.1. The van der Waals surface area contributed by atoms with Crippen molar-refractivity contribution >= 4 is 28.3 Å². The Morgan fingerprint density at radius 2 is 2.14 bits per heavy atom. The van der Waals surface area contributed by atoms with Crippen molar-refractivity contribution in [1.82, 2.24) is 14.9 Å². The molecule has 0 unspecified atom stereocenters. The maximum Gasteiger partial charge on any atom is 0.256 e. The molecule has 0 aliphatic carbocycles. The summed E-state index contributed by atoms with van der Waals surface area (Å²) >= 11 is 0. The largest absolute Gasteiger partial charge is 0.495 e. The van der Waals surface area contributed by atoms with Crippen molar-refractivity contribution in [2.24, 2.45) is 0 Å². The van der Waals surface area contributed by atoms with Crippen molar-refractivity contribution in [3.63, 3.8) is 0 Å². The van der Waals surface area contributed by atoms with E-state index in [1.807, 2.05) is 13.1 Å². The second-order valence-electron chi connectivity index (χ2n) is 6.62. The molecule has 28 heavy (non-hydrogen) atoms. The number of H-pyrrole nitrogens is 1. The van der Waals surface area contributed by atoms with Crippen LogP contribution in [0.2, 0.25) is 0 Å². The molecular weight excluding hydrogens is 363 g/mol. The van der Waals surface area contributed by atoms with Gasteiger partial charge in [0.05, 0.1) is 37.1 Å². The molecule has 3 heterocycles. The highest BCUT2D eigenvalue weighted by molar-refractivity contribution is 6.10. The summed E-state index contributed by atoms with van der Waals surface area (Å²) in [4.78, 5) is 22.4. The minimum absolute atomic E-state index is 0.0709. The number of amides is 1. The molecule has 1 saturated heterocycles. The smallest absolute Gasteiger partial charge is 0.256 e. The molecule has 8 heteroatoms. The first-order valence-electron chi connectivity index (χ1n) is 9.02. The van der Waals surface area contributed by atoms with Gasteiger partial charge in [0.15, 0.2) is 5.82 Å². The first-order chi connectivity index (χ1) is 13.6. The van der Waals surface area contributed by atoms with E-state index in [-0.39, 0.29) is 11.7 Å². The fraction of sp³-hybridized carbons (Fsp3) is 0.300. The lowest BCUT2D eigenvalue weighted by Gasteiger charge is -2.27. The quantitative estimate of drug-likeness (QED) is 0.722. The predicted octanol–water partition coefficient (Wildman–Crippen LogP) is 3.24. The number of pyridine rings is 1. The number of morpholine rings is 1. The van der Waals surface area contributed by atoms with Gasteiger partial charge >= 0.3 is 0 Å². The number of nitrogens with one attached hydrogen (secondary N) is 2. The van der Waals surface area contributed by atoms with Gasteiger partial charge in [-0.05, 0) is 24.6 Å². The Kier molecular flexibility index (Phi) is 4.87. The lowest BCUT2D eigenvalue weighted by atomic mass is 10.1. The van der Waals surface area contributed by atoms with E-state index in [1.54, 1.807) is 17.2 Å². The number of rotatable bonds is 4. The number of halogens is 1. The Labute approximate surface area is 161 Å². The van der Waals surface area contributed by atoms with Crippen LogP contribution < -0.4 is 10.1 Å². The summed E-state index contributed by atoms with van der Waals surface area (Å²) in [5.74, 6) is 0.526. The van der Waals surface area contributed by atoms with Gasteiger partial charge in [0, 0.05) is 36.9 Å². The topological polar surface area (TPSA) is 79.5 Å². The van der Waals surface area contributed by atoms with Crippen LogP contribution in [0.4, 0.5) is 15.9 Å². The van der Waals surface area contributed by atoms with Crippen LogP contribution in [0.25, 0.3) is 10.9 Å². The number of hydrogen-bond donors (Lipinski definition) is 2. The highest BCUT2D eigenvalue weighted by Gasteiger charge is 2.23. The number of anilines is 2. The van der Waals surface area contributed by atoms with Crippen molar-refractivity contribution in [1.29, 1.82) is 0 Å². The van der Waals surface area contributed by atoms with Gasteiger partial charge in [-0.2, -0.15) is 0 Å². The van der Waals surface area contributed by atoms with E-state index in [1.165, 1.54) is 19.2 Å². The molecule has 1 aliphatic rings. The number of benzene rings is 1. The third-order valence-corrected chi connectivity index (χ3v) is 4.85. The summed E-state index contributed by atoms with van der Waals surface area (Å²) in [5.41, 5.74) is 2.61.